The van der Waals surface area contributed by atoms with Gasteiger partial charge in [-0.2, -0.15) is 0 Å². The number of aromatic carboxylic acids is 2. The smallest absolute Gasteiger partial charge is 0.335 e. The summed E-state index contributed by atoms with van der Waals surface area (Å²) in [5, 5.41) is 26.7. The van der Waals surface area contributed by atoms with Crippen LogP contribution in [0.1, 0.15) is 31.8 Å². The minimum Gasteiger partial charge on any atom is -0.478 e. The van der Waals surface area contributed by atoms with Crippen LogP contribution < -0.4 is 0 Å². The zero-order valence-corrected chi connectivity index (χ0v) is 14.5. The van der Waals surface area contributed by atoms with Gasteiger partial charge in [0.1, 0.15) is 0 Å². The first-order valence-electron chi connectivity index (χ1n) is 7.87. The number of aryl methyl sites for hydroxylation is 2. The number of benzene rings is 2. The number of carboxylic acids is 2. The number of carbonyl (C=O) groups is 2. The van der Waals surface area contributed by atoms with Gasteiger partial charge in [-0.25, -0.2) is 9.59 Å². The van der Waals surface area contributed by atoms with E-state index in [0.29, 0.717) is 22.8 Å². The molecule has 0 unspecified atom stereocenters. The third-order valence-electron chi connectivity index (χ3n) is 4.30. The molecule has 3 rings (SSSR count). The summed E-state index contributed by atoms with van der Waals surface area (Å²) < 4.78 is 1.80. The molecule has 0 fully saturated rings. The van der Waals surface area contributed by atoms with Gasteiger partial charge in [0.05, 0.1) is 11.1 Å². The van der Waals surface area contributed by atoms with E-state index in [4.69, 9.17) is 10.2 Å². The summed E-state index contributed by atoms with van der Waals surface area (Å²) in [6.45, 7) is 3.47. The highest BCUT2D eigenvalue weighted by Crippen LogP contribution is 2.26. The predicted octanol–water partition coefficient (Wildman–Crippen LogP) is 3.16. The Hall–Kier alpha value is -3.48. The number of aromatic nitrogens is 3. The van der Waals surface area contributed by atoms with E-state index in [0.717, 1.165) is 11.1 Å². The van der Waals surface area contributed by atoms with Crippen LogP contribution in [0.2, 0.25) is 0 Å². The van der Waals surface area contributed by atoms with E-state index < -0.39 is 11.9 Å². The summed E-state index contributed by atoms with van der Waals surface area (Å²) in [6, 6.07) is 10.0. The molecule has 0 spiro atoms. The minimum absolute atomic E-state index is 0.246. The summed E-state index contributed by atoms with van der Waals surface area (Å²) >= 11 is 0. The van der Waals surface area contributed by atoms with Gasteiger partial charge in [0.2, 0.25) is 0 Å². The molecule has 0 aliphatic carbocycles. The van der Waals surface area contributed by atoms with Crippen LogP contribution in [0.5, 0.6) is 0 Å². The number of nitrogens with zero attached hydrogens (tertiary/aromatic N) is 3. The molecule has 26 heavy (non-hydrogen) atoms. The molecule has 2 aromatic carbocycles. The predicted molar refractivity (Wildman–Crippen MR) is 95.3 cm³/mol. The van der Waals surface area contributed by atoms with E-state index in [1.807, 2.05) is 7.05 Å². The first kappa shape index (κ1) is 17.3. The van der Waals surface area contributed by atoms with E-state index in [1.54, 1.807) is 54.8 Å². The number of hydrogen-bond donors (Lipinski definition) is 2. The summed E-state index contributed by atoms with van der Waals surface area (Å²) in [7, 11) is 1.81. The first-order chi connectivity index (χ1) is 12.3. The van der Waals surface area contributed by atoms with E-state index in [9.17, 15) is 9.59 Å². The first-order valence-corrected chi connectivity index (χ1v) is 7.87. The Morgan fingerprint density at radius 2 is 1.19 bits per heavy atom. The molecule has 0 amide bonds. The molecule has 3 aromatic rings. The molecule has 1 heterocycles. The molecule has 132 valence electrons. The standard InChI is InChI=1S/C19H17N3O4/c1-10-8-12(4-6-14(10)18(23)24)16-20-21-17(22(16)3)13-5-7-15(19(25)26)11(2)9-13/h4-9H,1-3H3,(H,23,24)(H,25,26). The lowest BCUT2D eigenvalue weighted by Crippen LogP contribution is -2.02. The van der Waals surface area contributed by atoms with Crippen molar-refractivity contribution in [3.8, 4) is 22.8 Å². The molecule has 0 aliphatic rings. The van der Waals surface area contributed by atoms with Crippen LogP contribution in [0.3, 0.4) is 0 Å². The molecule has 0 bridgehead atoms. The lowest BCUT2D eigenvalue weighted by molar-refractivity contribution is 0.0685. The van der Waals surface area contributed by atoms with Crippen LogP contribution in [-0.4, -0.2) is 36.9 Å². The molecule has 0 radical (unpaired) electrons. The van der Waals surface area contributed by atoms with Crippen LogP contribution in [0.4, 0.5) is 0 Å². The summed E-state index contributed by atoms with van der Waals surface area (Å²) in [5.41, 5.74) is 3.29. The van der Waals surface area contributed by atoms with E-state index in [-0.39, 0.29) is 11.1 Å². The minimum atomic E-state index is -0.971. The second-order valence-corrected chi connectivity index (χ2v) is 6.08. The molecule has 0 atom stereocenters. The van der Waals surface area contributed by atoms with Crippen LogP contribution in [0.25, 0.3) is 22.8 Å². The van der Waals surface area contributed by atoms with Gasteiger partial charge < -0.3 is 14.8 Å². The van der Waals surface area contributed by atoms with Crippen LogP contribution in [-0.2, 0) is 7.05 Å². The van der Waals surface area contributed by atoms with E-state index >= 15 is 0 Å². The maximum atomic E-state index is 11.2. The second kappa shape index (κ2) is 6.44. The fraction of sp³-hybridized carbons (Fsp3) is 0.158. The van der Waals surface area contributed by atoms with Crippen LogP contribution in [0, 0.1) is 13.8 Å². The summed E-state index contributed by atoms with van der Waals surface area (Å²) in [6.07, 6.45) is 0. The summed E-state index contributed by atoms with van der Waals surface area (Å²) in [5.74, 6) is -0.747. The fourth-order valence-electron chi connectivity index (χ4n) is 2.92. The number of rotatable bonds is 4. The average Bonchev–Trinajstić information content (AvgIpc) is 2.95. The second-order valence-electron chi connectivity index (χ2n) is 6.08. The quantitative estimate of drug-likeness (QED) is 0.748. The van der Waals surface area contributed by atoms with E-state index in [1.165, 1.54) is 0 Å². The topological polar surface area (TPSA) is 105 Å². The van der Waals surface area contributed by atoms with Crippen molar-refractivity contribution in [2.24, 2.45) is 7.05 Å². The van der Waals surface area contributed by atoms with Gasteiger partial charge in [-0.15, -0.1) is 10.2 Å². The fourth-order valence-corrected chi connectivity index (χ4v) is 2.92. The van der Waals surface area contributed by atoms with Gasteiger partial charge in [0.25, 0.3) is 0 Å². The molecule has 0 saturated heterocycles. The highest BCUT2D eigenvalue weighted by atomic mass is 16.4. The Balaban J connectivity index is 2.04. The Labute approximate surface area is 149 Å². The lowest BCUT2D eigenvalue weighted by Gasteiger charge is -2.08. The van der Waals surface area contributed by atoms with Gasteiger partial charge in [-0.3, -0.25) is 0 Å². The highest BCUT2D eigenvalue weighted by Gasteiger charge is 2.16. The van der Waals surface area contributed by atoms with Crippen molar-refractivity contribution in [1.82, 2.24) is 14.8 Å². The lowest BCUT2D eigenvalue weighted by atomic mass is 10.0. The van der Waals surface area contributed by atoms with E-state index in [2.05, 4.69) is 10.2 Å². The molecule has 1 aromatic heterocycles. The third kappa shape index (κ3) is 2.95. The normalized spacial score (nSPS) is 10.7. The van der Waals surface area contributed by atoms with Crippen molar-refractivity contribution < 1.29 is 19.8 Å². The number of hydrogen-bond acceptors (Lipinski definition) is 4. The van der Waals surface area contributed by atoms with Crippen molar-refractivity contribution in [2.45, 2.75) is 13.8 Å². The van der Waals surface area contributed by atoms with Crippen molar-refractivity contribution in [3.63, 3.8) is 0 Å². The van der Waals surface area contributed by atoms with Crippen LogP contribution >= 0.6 is 0 Å². The molecule has 2 N–H and O–H groups in total. The highest BCUT2D eigenvalue weighted by molar-refractivity contribution is 5.90. The third-order valence-corrected chi connectivity index (χ3v) is 4.30. The van der Waals surface area contributed by atoms with Gasteiger partial charge >= 0.3 is 11.9 Å². The Morgan fingerprint density at radius 3 is 1.50 bits per heavy atom. The maximum Gasteiger partial charge on any atom is 0.335 e. The molecule has 0 aliphatic heterocycles. The van der Waals surface area contributed by atoms with Crippen molar-refractivity contribution >= 4 is 11.9 Å². The van der Waals surface area contributed by atoms with Crippen molar-refractivity contribution in [3.05, 3.63) is 58.7 Å². The Bertz CT molecular complexity index is 956. The number of carboxylic acid groups (broad SMARTS) is 2. The molecule has 7 heteroatoms. The monoisotopic (exact) mass is 351 g/mol. The molecule has 7 nitrogen and oxygen atoms in total. The Morgan fingerprint density at radius 1 is 0.808 bits per heavy atom. The maximum absolute atomic E-state index is 11.2. The average molecular weight is 351 g/mol. The summed E-state index contributed by atoms with van der Waals surface area (Å²) in [4.78, 5) is 22.3. The van der Waals surface area contributed by atoms with Gasteiger partial charge in [-0.05, 0) is 49.2 Å². The van der Waals surface area contributed by atoms with Gasteiger partial charge in [0, 0.05) is 18.2 Å². The largest absolute Gasteiger partial charge is 0.478 e. The van der Waals surface area contributed by atoms with Crippen molar-refractivity contribution in [1.29, 1.82) is 0 Å². The Kier molecular flexibility index (Phi) is 4.29. The molecular weight excluding hydrogens is 334 g/mol. The van der Waals surface area contributed by atoms with Crippen molar-refractivity contribution in [2.75, 3.05) is 0 Å². The SMILES string of the molecule is Cc1cc(-c2nnc(-c3ccc(C(=O)O)c(C)c3)n2C)ccc1C(=O)O. The zero-order chi connectivity index (χ0) is 19.0. The van der Waals surface area contributed by atoms with Gasteiger partial charge in [0.15, 0.2) is 11.6 Å². The molecule has 0 saturated carbocycles. The molecular formula is C19H17N3O4. The van der Waals surface area contributed by atoms with Gasteiger partial charge in [-0.1, -0.05) is 12.1 Å². The zero-order valence-electron chi connectivity index (χ0n) is 14.5. The van der Waals surface area contributed by atoms with Crippen LogP contribution in [0.15, 0.2) is 36.4 Å².